The lowest BCUT2D eigenvalue weighted by molar-refractivity contribution is 0.0744. The number of nitrogens with one attached hydrogen (secondary N) is 1. The van der Waals surface area contributed by atoms with E-state index in [0.717, 1.165) is 42.5 Å². The molecule has 2 aromatic rings. The molecule has 3 rings (SSSR count). The van der Waals surface area contributed by atoms with Crippen molar-refractivity contribution in [3.63, 3.8) is 0 Å². The number of rotatable bonds is 4. The lowest BCUT2D eigenvalue weighted by Gasteiger charge is -2.35. The normalized spacial score (nSPS) is 17.2. The average molecular weight is 343 g/mol. The van der Waals surface area contributed by atoms with Gasteiger partial charge in [-0.2, -0.15) is 0 Å². The van der Waals surface area contributed by atoms with E-state index in [-0.39, 0.29) is 30.6 Å². The van der Waals surface area contributed by atoms with Crippen LogP contribution in [0.1, 0.15) is 18.0 Å². The zero-order chi connectivity index (χ0) is 15.5. The summed E-state index contributed by atoms with van der Waals surface area (Å²) in [7, 11) is 0. The number of fused-ring (bicyclic) bond motifs is 1. The molecule has 0 aromatic heterocycles. The number of phenolic OH excluding ortho intramolecular Hbond substituents is 1. The zero-order valence-electron chi connectivity index (χ0n) is 12.7. The van der Waals surface area contributed by atoms with Crippen molar-refractivity contribution in [2.45, 2.75) is 18.9 Å². The van der Waals surface area contributed by atoms with E-state index in [2.05, 4.69) is 10.2 Å². The molecule has 6 heteroatoms. The van der Waals surface area contributed by atoms with Crippen LogP contribution in [0.5, 0.6) is 5.75 Å². The van der Waals surface area contributed by atoms with Crippen LogP contribution in [-0.2, 0) is 0 Å². The Morgan fingerprint density at radius 3 is 2.35 bits per heavy atom. The van der Waals surface area contributed by atoms with Crippen molar-refractivity contribution >= 4 is 23.2 Å². The number of phenols is 1. The Labute approximate surface area is 140 Å². The van der Waals surface area contributed by atoms with Crippen LogP contribution in [0.4, 0.5) is 8.78 Å². The van der Waals surface area contributed by atoms with Gasteiger partial charge in [0.1, 0.15) is 5.75 Å². The molecule has 1 fully saturated rings. The molecule has 1 saturated heterocycles. The van der Waals surface area contributed by atoms with E-state index in [1.807, 2.05) is 24.3 Å². The highest BCUT2D eigenvalue weighted by Crippen LogP contribution is 2.36. The van der Waals surface area contributed by atoms with Gasteiger partial charge in [0.05, 0.1) is 0 Å². The molecular formula is C17H21ClF2N2O. The fourth-order valence-corrected chi connectivity index (χ4v) is 3.23. The maximum atomic E-state index is 13.1. The first kappa shape index (κ1) is 17.9. The van der Waals surface area contributed by atoms with Gasteiger partial charge >= 0.3 is 0 Å². The first-order chi connectivity index (χ1) is 10.7. The minimum atomic E-state index is -2.35. The fraction of sp³-hybridized carbons (Fsp3) is 0.412. The van der Waals surface area contributed by atoms with Gasteiger partial charge in [-0.25, -0.2) is 8.78 Å². The largest absolute Gasteiger partial charge is 0.507 e. The van der Waals surface area contributed by atoms with Crippen LogP contribution in [0.25, 0.3) is 10.8 Å². The van der Waals surface area contributed by atoms with Crippen LogP contribution in [0.2, 0.25) is 0 Å². The van der Waals surface area contributed by atoms with Gasteiger partial charge < -0.3 is 10.4 Å². The van der Waals surface area contributed by atoms with Crippen LogP contribution in [0.15, 0.2) is 36.4 Å². The van der Waals surface area contributed by atoms with Crippen molar-refractivity contribution < 1.29 is 13.9 Å². The number of alkyl halides is 2. The van der Waals surface area contributed by atoms with Crippen molar-refractivity contribution in [3.05, 3.63) is 42.0 Å². The summed E-state index contributed by atoms with van der Waals surface area (Å²) in [6, 6.07) is 10.5. The third-order valence-corrected chi connectivity index (χ3v) is 4.29. The number of hydrogen-bond donors (Lipinski definition) is 2. The molecule has 1 aliphatic heterocycles. The summed E-state index contributed by atoms with van der Waals surface area (Å²) < 4.78 is 26.2. The molecule has 0 radical (unpaired) electrons. The summed E-state index contributed by atoms with van der Waals surface area (Å²) in [6.07, 6.45) is -2.54. The quantitative estimate of drug-likeness (QED) is 0.891. The Balaban J connectivity index is 0.00000192. The second-order valence-electron chi connectivity index (χ2n) is 5.65. The van der Waals surface area contributed by atoms with Crippen LogP contribution in [-0.4, -0.2) is 42.6 Å². The number of hydrogen-bond acceptors (Lipinski definition) is 3. The van der Waals surface area contributed by atoms with Gasteiger partial charge in [-0.3, -0.25) is 4.90 Å². The molecule has 2 aromatic carbocycles. The van der Waals surface area contributed by atoms with E-state index in [4.69, 9.17) is 0 Å². The molecule has 0 spiro atoms. The van der Waals surface area contributed by atoms with E-state index in [0.29, 0.717) is 0 Å². The van der Waals surface area contributed by atoms with Crippen molar-refractivity contribution in [1.29, 1.82) is 0 Å². The summed E-state index contributed by atoms with van der Waals surface area (Å²) in [5, 5.41) is 14.8. The van der Waals surface area contributed by atoms with Gasteiger partial charge in [0, 0.05) is 44.0 Å². The summed E-state index contributed by atoms with van der Waals surface area (Å²) >= 11 is 0. The van der Waals surface area contributed by atoms with E-state index < -0.39 is 6.43 Å². The topological polar surface area (TPSA) is 35.5 Å². The fourth-order valence-electron chi connectivity index (χ4n) is 3.23. The minimum Gasteiger partial charge on any atom is -0.507 e. The molecule has 0 unspecified atom stereocenters. The lowest BCUT2D eigenvalue weighted by atomic mass is 9.94. The molecule has 3 nitrogen and oxygen atoms in total. The first-order valence-corrected chi connectivity index (χ1v) is 7.60. The van der Waals surface area contributed by atoms with E-state index >= 15 is 0 Å². The van der Waals surface area contributed by atoms with Gasteiger partial charge in [0.15, 0.2) is 0 Å². The summed E-state index contributed by atoms with van der Waals surface area (Å²) in [6.45, 7) is 3.14. The predicted molar refractivity (Wildman–Crippen MR) is 90.7 cm³/mol. The summed E-state index contributed by atoms with van der Waals surface area (Å²) in [5.41, 5.74) is 0.871. The highest BCUT2D eigenvalue weighted by molar-refractivity contribution is 5.91. The molecule has 2 N–H and O–H groups in total. The summed E-state index contributed by atoms with van der Waals surface area (Å²) in [4.78, 5) is 2.11. The molecular weight excluding hydrogens is 322 g/mol. The standard InChI is InChI=1S/C17H20F2N2O.ClH/c18-17(19)11-15(21-9-7-20-8-10-21)13-5-6-16(22)14-4-2-1-3-12(13)14;/h1-6,15,17,20,22H,7-11H2;1H/t15-;/m0./s1. The van der Waals surface area contributed by atoms with E-state index in [1.165, 1.54) is 0 Å². The molecule has 126 valence electrons. The first-order valence-electron chi connectivity index (χ1n) is 7.60. The number of aromatic hydroxyl groups is 1. The second-order valence-corrected chi connectivity index (χ2v) is 5.65. The van der Waals surface area contributed by atoms with Crippen LogP contribution < -0.4 is 5.32 Å². The highest BCUT2D eigenvalue weighted by atomic mass is 35.5. The SMILES string of the molecule is Cl.Oc1ccc([C@H](CC(F)F)N2CCNCC2)c2ccccc12. The maximum Gasteiger partial charge on any atom is 0.240 e. The minimum absolute atomic E-state index is 0. The van der Waals surface area contributed by atoms with Crippen molar-refractivity contribution in [1.82, 2.24) is 10.2 Å². The zero-order valence-corrected chi connectivity index (χ0v) is 13.5. The van der Waals surface area contributed by atoms with Gasteiger partial charge in [-0.05, 0) is 17.0 Å². The number of piperazine rings is 1. The molecule has 1 aliphatic rings. The average Bonchev–Trinajstić information content (AvgIpc) is 2.54. The van der Waals surface area contributed by atoms with Gasteiger partial charge in [-0.15, -0.1) is 12.4 Å². The maximum absolute atomic E-state index is 13.1. The Hall–Kier alpha value is -1.43. The van der Waals surface area contributed by atoms with Crippen LogP contribution in [0.3, 0.4) is 0 Å². The molecule has 0 aliphatic carbocycles. The number of benzene rings is 2. The van der Waals surface area contributed by atoms with Gasteiger partial charge in [0.25, 0.3) is 0 Å². The molecule has 23 heavy (non-hydrogen) atoms. The highest BCUT2D eigenvalue weighted by Gasteiger charge is 2.27. The van der Waals surface area contributed by atoms with Crippen molar-refractivity contribution in [2.75, 3.05) is 26.2 Å². The Kier molecular flexibility index (Phi) is 6.16. The lowest BCUT2D eigenvalue weighted by Crippen LogP contribution is -2.45. The third kappa shape index (κ3) is 3.91. The Morgan fingerprint density at radius 2 is 1.70 bits per heavy atom. The molecule has 0 saturated carbocycles. The van der Waals surface area contributed by atoms with Crippen molar-refractivity contribution in [3.8, 4) is 5.75 Å². The van der Waals surface area contributed by atoms with Crippen molar-refractivity contribution in [2.24, 2.45) is 0 Å². The Bertz CT molecular complexity index is 648. The van der Waals surface area contributed by atoms with E-state index in [1.54, 1.807) is 12.1 Å². The second kappa shape index (κ2) is 7.90. The van der Waals surface area contributed by atoms with Gasteiger partial charge in [0.2, 0.25) is 6.43 Å². The Morgan fingerprint density at radius 1 is 1.04 bits per heavy atom. The molecule has 0 bridgehead atoms. The van der Waals surface area contributed by atoms with Crippen LogP contribution >= 0.6 is 12.4 Å². The number of halogens is 3. The third-order valence-electron chi connectivity index (χ3n) is 4.29. The van der Waals surface area contributed by atoms with E-state index in [9.17, 15) is 13.9 Å². The monoisotopic (exact) mass is 342 g/mol. The van der Waals surface area contributed by atoms with Crippen LogP contribution in [0, 0.1) is 0 Å². The molecule has 0 amide bonds. The van der Waals surface area contributed by atoms with Gasteiger partial charge in [-0.1, -0.05) is 30.3 Å². The molecule has 1 heterocycles. The smallest absolute Gasteiger partial charge is 0.240 e. The summed E-state index contributed by atoms with van der Waals surface area (Å²) in [5.74, 6) is 0.190. The molecule has 1 atom stereocenters. The predicted octanol–water partition coefficient (Wildman–Crippen LogP) is 3.57. The number of nitrogens with zero attached hydrogens (tertiary/aromatic N) is 1.